The maximum atomic E-state index is 12.3. The van der Waals surface area contributed by atoms with Crippen molar-refractivity contribution in [1.29, 1.82) is 0 Å². The molecule has 0 bridgehead atoms. The third kappa shape index (κ3) is 3.07. The minimum absolute atomic E-state index is 0.128. The van der Waals surface area contributed by atoms with Gasteiger partial charge in [0, 0.05) is 32.8 Å². The van der Waals surface area contributed by atoms with E-state index in [4.69, 9.17) is 9.47 Å². The highest BCUT2D eigenvalue weighted by Gasteiger charge is 2.30. The van der Waals surface area contributed by atoms with E-state index in [9.17, 15) is 4.79 Å². The number of carbonyl (C=O) groups excluding carboxylic acids is 1. The summed E-state index contributed by atoms with van der Waals surface area (Å²) in [7, 11) is 1.59. The minimum Gasteiger partial charge on any atom is -0.494 e. The smallest absolute Gasteiger partial charge is 0.251 e. The van der Waals surface area contributed by atoms with E-state index in [1.54, 1.807) is 19.5 Å². The fourth-order valence-electron chi connectivity index (χ4n) is 2.68. The van der Waals surface area contributed by atoms with Crippen LogP contribution in [0.15, 0.2) is 12.4 Å². The second-order valence-corrected chi connectivity index (χ2v) is 5.24. The molecule has 7 heteroatoms. The second-order valence-electron chi connectivity index (χ2n) is 5.24. The summed E-state index contributed by atoms with van der Waals surface area (Å²) in [5.74, 6) is 1.45. The normalized spacial score (nSPS) is 22.4. The van der Waals surface area contributed by atoms with E-state index in [1.807, 2.05) is 4.90 Å². The fraction of sp³-hybridized carbons (Fsp3) is 0.643. The maximum Gasteiger partial charge on any atom is 0.251 e. The molecule has 2 saturated heterocycles. The van der Waals surface area contributed by atoms with Crippen LogP contribution < -0.4 is 9.64 Å². The molecule has 1 aromatic heterocycles. The zero-order valence-electron chi connectivity index (χ0n) is 12.2. The first-order valence-electron chi connectivity index (χ1n) is 7.29. The summed E-state index contributed by atoms with van der Waals surface area (Å²) in [6.45, 7) is 3.56. The van der Waals surface area contributed by atoms with Gasteiger partial charge in [-0.05, 0) is 12.8 Å². The highest BCUT2D eigenvalue weighted by Crippen LogP contribution is 2.18. The monoisotopic (exact) mass is 292 g/mol. The van der Waals surface area contributed by atoms with Crippen LogP contribution >= 0.6 is 0 Å². The number of nitrogens with zero attached hydrogens (tertiary/aromatic N) is 4. The Hall–Kier alpha value is -1.89. The SMILES string of the molecule is COc1cnc(N2CCN(C(=O)C3CCCO3)CC2)nc1. The van der Waals surface area contributed by atoms with E-state index in [0.29, 0.717) is 31.4 Å². The Morgan fingerprint density at radius 3 is 2.57 bits per heavy atom. The highest BCUT2D eigenvalue weighted by molar-refractivity contribution is 5.81. The molecule has 0 saturated carbocycles. The van der Waals surface area contributed by atoms with E-state index in [1.165, 1.54) is 0 Å². The molecule has 114 valence electrons. The molecule has 1 atom stereocenters. The summed E-state index contributed by atoms with van der Waals surface area (Å²) < 4.78 is 10.5. The molecule has 0 N–H and O–H groups in total. The molecular weight excluding hydrogens is 272 g/mol. The maximum absolute atomic E-state index is 12.3. The lowest BCUT2D eigenvalue weighted by atomic mass is 10.2. The third-order valence-corrected chi connectivity index (χ3v) is 3.93. The lowest BCUT2D eigenvalue weighted by Gasteiger charge is -2.35. The molecule has 0 spiro atoms. The number of hydrogen-bond acceptors (Lipinski definition) is 6. The summed E-state index contributed by atoms with van der Waals surface area (Å²) in [4.78, 5) is 24.8. The van der Waals surface area contributed by atoms with Crippen molar-refractivity contribution in [2.45, 2.75) is 18.9 Å². The van der Waals surface area contributed by atoms with Gasteiger partial charge in [0.15, 0.2) is 5.75 Å². The van der Waals surface area contributed by atoms with Crippen molar-refractivity contribution in [3.8, 4) is 5.75 Å². The fourth-order valence-corrected chi connectivity index (χ4v) is 2.68. The molecule has 0 aromatic carbocycles. The Bertz CT molecular complexity index is 479. The number of methoxy groups -OCH3 is 1. The molecule has 3 heterocycles. The molecule has 1 aromatic rings. The summed E-state index contributed by atoms with van der Waals surface area (Å²) >= 11 is 0. The van der Waals surface area contributed by atoms with Gasteiger partial charge in [-0.1, -0.05) is 0 Å². The first-order valence-corrected chi connectivity index (χ1v) is 7.29. The van der Waals surface area contributed by atoms with Crippen molar-refractivity contribution in [3.63, 3.8) is 0 Å². The van der Waals surface area contributed by atoms with Crippen LogP contribution in [0.3, 0.4) is 0 Å². The van der Waals surface area contributed by atoms with E-state index < -0.39 is 0 Å². The van der Waals surface area contributed by atoms with E-state index in [2.05, 4.69) is 14.9 Å². The number of carbonyl (C=O) groups is 1. The van der Waals surface area contributed by atoms with Gasteiger partial charge in [-0.3, -0.25) is 4.79 Å². The van der Waals surface area contributed by atoms with Crippen molar-refractivity contribution >= 4 is 11.9 Å². The molecule has 3 rings (SSSR count). The number of hydrogen-bond donors (Lipinski definition) is 0. The van der Waals surface area contributed by atoms with Gasteiger partial charge in [-0.2, -0.15) is 0 Å². The van der Waals surface area contributed by atoms with E-state index in [0.717, 1.165) is 25.9 Å². The van der Waals surface area contributed by atoms with E-state index in [-0.39, 0.29) is 12.0 Å². The lowest BCUT2D eigenvalue weighted by Crippen LogP contribution is -2.51. The van der Waals surface area contributed by atoms with Crippen LogP contribution in [0.5, 0.6) is 5.75 Å². The number of piperazine rings is 1. The van der Waals surface area contributed by atoms with Crippen molar-refractivity contribution in [1.82, 2.24) is 14.9 Å². The van der Waals surface area contributed by atoms with Crippen molar-refractivity contribution < 1.29 is 14.3 Å². The molecule has 7 nitrogen and oxygen atoms in total. The quantitative estimate of drug-likeness (QED) is 0.799. The molecule has 21 heavy (non-hydrogen) atoms. The van der Waals surface area contributed by atoms with Crippen molar-refractivity contribution in [2.24, 2.45) is 0 Å². The average Bonchev–Trinajstić information content (AvgIpc) is 3.09. The molecule has 2 aliphatic heterocycles. The zero-order valence-corrected chi connectivity index (χ0v) is 12.2. The van der Waals surface area contributed by atoms with Crippen LogP contribution in [0.25, 0.3) is 0 Å². The Balaban J connectivity index is 1.55. The Labute approximate surface area is 123 Å². The molecule has 2 fully saturated rings. The van der Waals surface area contributed by atoms with Gasteiger partial charge >= 0.3 is 0 Å². The van der Waals surface area contributed by atoms with Crippen LogP contribution in [0, 0.1) is 0 Å². The third-order valence-electron chi connectivity index (χ3n) is 3.93. The number of aromatic nitrogens is 2. The zero-order chi connectivity index (χ0) is 14.7. The molecule has 0 radical (unpaired) electrons. The minimum atomic E-state index is -0.228. The van der Waals surface area contributed by atoms with Crippen LogP contribution in [0.1, 0.15) is 12.8 Å². The van der Waals surface area contributed by atoms with Gasteiger partial charge < -0.3 is 19.3 Å². The van der Waals surface area contributed by atoms with Crippen molar-refractivity contribution in [2.75, 3.05) is 44.8 Å². The average molecular weight is 292 g/mol. The van der Waals surface area contributed by atoms with Gasteiger partial charge in [-0.15, -0.1) is 0 Å². The van der Waals surface area contributed by atoms with Gasteiger partial charge in [0.25, 0.3) is 5.91 Å². The van der Waals surface area contributed by atoms with Crippen LogP contribution in [0.4, 0.5) is 5.95 Å². The molecule has 0 aliphatic carbocycles. The topological polar surface area (TPSA) is 67.8 Å². The first-order chi connectivity index (χ1) is 10.3. The standard InChI is InChI=1S/C14H20N4O3/c1-20-11-9-15-14(16-10-11)18-6-4-17(5-7-18)13(19)12-3-2-8-21-12/h9-10,12H,2-8H2,1H3. The predicted molar refractivity (Wildman–Crippen MR) is 76.4 cm³/mol. The molecule has 1 amide bonds. The van der Waals surface area contributed by atoms with Crippen LogP contribution in [0.2, 0.25) is 0 Å². The highest BCUT2D eigenvalue weighted by atomic mass is 16.5. The Morgan fingerprint density at radius 1 is 1.29 bits per heavy atom. The number of ether oxygens (including phenoxy) is 2. The number of rotatable bonds is 3. The Morgan fingerprint density at radius 2 is 2.00 bits per heavy atom. The van der Waals surface area contributed by atoms with Crippen LogP contribution in [-0.4, -0.2) is 66.8 Å². The predicted octanol–water partition coefficient (Wildman–Crippen LogP) is 0.313. The van der Waals surface area contributed by atoms with Crippen LogP contribution in [-0.2, 0) is 9.53 Å². The summed E-state index contributed by atoms with van der Waals surface area (Å²) in [6, 6.07) is 0. The van der Waals surface area contributed by atoms with E-state index >= 15 is 0 Å². The van der Waals surface area contributed by atoms with Gasteiger partial charge in [0.05, 0.1) is 19.5 Å². The first kappa shape index (κ1) is 14.1. The van der Waals surface area contributed by atoms with Crippen molar-refractivity contribution in [3.05, 3.63) is 12.4 Å². The molecule has 2 aliphatic rings. The number of amides is 1. The summed E-state index contributed by atoms with van der Waals surface area (Å²) in [6.07, 6.45) is 4.92. The largest absolute Gasteiger partial charge is 0.494 e. The summed E-state index contributed by atoms with van der Waals surface area (Å²) in [5.41, 5.74) is 0. The number of anilines is 1. The van der Waals surface area contributed by atoms with Gasteiger partial charge in [0.2, 0.25) is 5.95 Å². The molecule has 1 unspecified atom stereocenters. The molecular formula is C14H20N4O3. The van der Waals surface area contributed by atoms with Gasteiger partial charge in [-0.25, -0.2) is 9.97 Å². The van der Waals surface area contributed by atoms with Gasteiger partial charge in [0.1, 0.15) is 6.10 Å². The summed E-state index contributed by atoms with van der Waals surface area (Å²) in [5, 5.41) is 0. The lowest BCUT2D eigenvalue weighted by molar-refractivity contribution is -0.141. The Kier molecular flexibility index (Phi) is 4.19. The second kappa shape index (κ2) is 6.26.